The van der Waals surface area contributed by atoms with Gasteiger partial charge in [-0.1, -0.05) is 20.8 Å². The summed E-state index contributed by atoms with van der Waals surface area (Å²) < 4.78 is 43.6. The third kappa shape index (κ3) is 4.69. The van der Waals surface area contributed by atoms with Gasteiger partial charge in [0.2, 0.25) is 0 Å². The molecule has 0 bridgehead atoms. The maximum absolute atomic E-state index is 12.5. The molecule has 2 atom stereocenters. The molecule has 0 radical (unpaired) electrons. The summed E-state index contributed by atoms with van der Waals surface area (Å²) in [5.74, 6) is -1.91. The molecule has 124 valence electrons. The van der Waals surface area contributed by atoms with E-state index in [1.807, 2.05) is 33.9 Å². The first-order valence-corrected chi connectivity index (χ1v) is 9.87. The van der Waals surface area contributed by atoms with E-state index in [9.17, 15) is 23.1 Å². The van der Waals surface area contributed by atoms with E-state index in [0.29, 0.717) is 4.90 Å². The van der Waals surface area contributed by atoms with Gasteiger partial charge >= 0.3 is 12.1 Å². The molecular formula is C13H24F3NO3Si. The van der Waals surface area contributed by atoms with Crippen LogP contribution in [-0.4, -0.2) is 55.7 Å². The van der Waals surface area contributed by atoms with Crippen molar-refractivity contribution in [1.82, 2.24) is 4.90 Å². The quantitative estimate of drug-likeness (QED) is 0.793. The van der Waals surface area contributed by atoms with Crippen LogP contribution in [0.3, 0.4) is 0 Å². The summed E-state index contributed by atoms with van der Waals surface area (Å²) in [6.45, 7) is 9.64. The number of alkyl halides is 3. The molecule has 1 fully saturated rings. The van der Waals surface area contributed by atoms with Gasteiger partial charge in [0.15, 0.2) is 8.32 Å². The molecule has 1 N–H and O–H groups in total. The number of β-amino-alcohol motifs (C(OH)–C–C–N with tert-alkyl or cyclic N) is 1. The Bertz CT molecular complexity index is 393. The molecule has 0 aromatic rings. The summed E-state index contributed by atoms with van der Waals surface area (Å²) in [6.07, 6.45) is -6.20. The van der Waals surface area contributed by atoms with E-state index in [0.717, 1.165) is 0 Å². The number of halogens is 3. The minimum atomic E-state index is -4.92. The number of amides is 1. The Morgan fingerprint density at radius 3 is 2.19 bits per heavy atom. The Labute approximate surface area is 124 Å². The van der Waals surface area contributed by atoms with Gasteiger partial charge in [0, 0.05) is 19.5 Å². The minimum absolute atomic E-state index is 0.0890. The van der Waals surface area contributed by atoms with Crippen LogP contribution >= 0.6 is 0 Å². The van der Waals surface area contributed by atoms with Gasteiger partial charge in [-0.15, -0.1) is 0 Å². The van der Waals surface area contributed by atoms with Gasteiger partial charge in [-0.2, -0.15) is 13.2 Å². The Morgan fingerprint density at radius 1 is 1.24 bits per heavy atom. The number of hydrogen-bond acceptors (Lipinski definition) is 3. The number of aliphatic hydroxyl groups excluding tert-OH is 1. The molecular weight excluding hydrogens is 303 g/mol. The predicted octanol–water partition coefficient (Wildman–Crippen LogP) is 2.53. The van der Waals surface area contributed by atoms with Crippen molar-refractivity contribution in [3.05, 3.63) is 0 Å². The van der Waals surface area contributed by atoms with Crippen molar-refractivity contribution in [3.8, 4) is 0 Å². The Kier molecular flexibility index (Phi) is 5.17. The van der Waals surface area contributed by atoms with E-state index >= 15 is 0 Å². The fourth-order valence-corrected chi connectivity index (χ4v) is 3.41. The van der Waals surface area contributed by atoms with Crippen LogP contribution in [0.1, 0.15) is 27.2 Å². The number of rotatable bonds is 2. The van der Waals surface area contributed by atoms with Crippen LogP contribution in [0.4, 0.5) is 13.2 Å². The number of carbonyl (C=O) groups excluding carboxylic acids is 1. The highest BCUT2D eigenvalue weighted by atomic mass is 28.4. The van der Waals surface area contributed by atoms with Crippen LogP contribution in [0, 0.1) is 0 Å². The smallest absolute Gasteiger partial charge is 0.412 e. The number of piperidine rings is 1. The zero-order valence-corrected chi connectivity index (χ0v) is 14.1. The van der Waals surface area contributed by atoms with Crippen LogP contribution in [0.5, 0.6) is 0 Å². The highest BCUT2D eigenvalue weighted by molar-refractivity contribution is 6.74. The SMILES string of the molecule is CC(C)(C)[Si](C)(C)OC1CC(O)CN(C(=O)C(F)(F)F)C1. The van der Waals surface area contributed by atoms with Crippen LogP contribution < -0.4 is 0 Å². The van der Waals surface area contributed by atoms with E-state index < -0.39 is 32.6 Å². The fraction of sp³-hybridized carbons (Fsp3) is 0.923. The van der Waals surface area contributed by atoms with Gasteiger partial charge in [0.1, 0.15) is 0 Å². The fourth-order valence-electron chi connectivity index (χ4n) is 2.05. The molecule has 1 amide bonds. The van der Waals surface area contributed by atoms with Crippen molar-refractivity contribution in [3.63, 3.8) is 0 Å². The topological polar surface area (TPSA) is 49.8 Å². The molecule has 1 heterocycles. The molecule has 2 unspecified atom stereocenters. The first-order chi connectivity index (χ1) is 9.24. The van der Waals surface area contributed by atoms with Crippen molar-refractivity contribution in [2.45, 2.75) is 63.7 Å². The maximum atomic E-state index is 12.5. The third-order valence-electron chi connectivity index (χ3n) is 4.19. The van der Waals surface area contributed by atoms with Gasteiger partial charge in [0.05, 0.1) is 12.2 Å². The van der Waals surface area contributed by atoms with E-state index in [4.69, 9.17) is 4.43 Å². The second-order valence-electron chi connectivity index (χ2n) is 7.10. The summed E-state index contributed by atoms with van der Waals surface area (Å²) in [6, 6.07) is 0. The van der Waals surface area contributed by atoms with Gasteiger partial charge < -0.3 is 14.4 Å². The molecule has 4 nitrogen and oxygen atoms in total. The zero-order chi connectivity index (χ0) is 16.6. The molecule has 1 aliphatic rings. The second kappa shape index (κ2) is 5.89. The Morgan fingerprint density at radius 2 is 1.76 bits per heavy atom. The molecule has 1 rings (SSSR count). The van der Waals surface area contributed by atoms with Crippen molar-refractivity contribution >= 4 is 14.2 Å². The summed E-state index contributed by atoms with van der Waals surface area (Å²) in [7, 11) is -2.16. The Hall–Kier alpha value is -0.603. The lowest BCUT2D eigenvalue weighted by molar-refractivity contribution is -0.190. The van der Waals surface area contributed by atoms with Gasteiger partial charge in [-0.3, -0.25) is 4.79 Å². The molecule has 1 saturated heterocycles. The molecule has 8 heteroatoms. The monoisotopic (exact) mass is 327 g/mol. The first kappa shape index (κ1) is 18.4. The molecule has 1 aliphatic heterocycles. The molecule has 0 aromatic carbocycles. The summed E-state index contributed by atoms with van der Waals surface area (Å²) in [5, 5.41) is 9.65. The van der Waals surface area contributed by atoms with Gasteiger partial charge in [0.25, 0.3) is 0 Å². The molecule has 0 spiro atoms. The number of nitrogens with zero attached hydrogens (tertiary/aromatic N) is 1. The highest BCUT2D eigenvalue weighted by Gasteiger charge is 2.46. The van der Waals surface area contributed by atoms with Crippen molar-refractivity contribution < 1.29 is 27.5 Å². The van der Waals surface area contributed by atoms with E-state index in [1.54, 1.807) is 0 Å². The van der Waals surface area contributed by atoms with E-state index in [2.05, 4.69) is 0 Å². The number of hydrogen-bond donors (Lipinski definition) is 1. The highest BCUT2D eigenvalue weighted by Crippen LogP contribution is 2.38. The van der Waals surface area contributed by atoms with Crippen LogP contribution in [0.25, 0.3) is 0 Å². The summed E-state index contributed by atoms with van der Waals surface area (Å²) >= 11 is 0. The number of likely N-dealkylation sites (tertiary alicyclic amines) is 1. The standard InChI is InChI=1S/C13H24F3NO3Si/c1-12(2,3)21(4,5)20-10-6-9(18)7-17(8-10)11(19)13(14,15)16/h9-10,18H,6-8H2,1-5H3. The lowest BCUT2D eigenvalue weighted by atomic mass is 10.1. The van der Waals surface area contributed by atoms with Gasteiger partial charge in [-0.25, -0.2) is 0 Å². The predicted molar refractivity (Wildman–Crippen MR) is 75.3 cm³/mol. The van der Waals surface area contributed by atoms with Crippen molar-refractivity contribution in [2.24, 2.45) is 0 Å². The van der Waals surface area contributed by atoms with Crippen LogP contribution in [-0.2, 0) is 9.22 Å². The van der Waals surface area contributed by atoms with Gasteiger partial charge in [-0.05, 0) is 18.1 Å². The summed E-state index contributed by atoms with van der Waals surface area (Å²) in [5.41, 5.74) is 0. The van der Waals surface area contributed by atoms with Crippen LogP contribution in [0.2, 0.25) is 18.1 Å². The van der Waals surface area contributed by atoms with E-state index in [1.165, 1.54) is 0 Å². The van der Waals surface area contributed by atoms with Crippen molar-refractivity contribution in [2.75, 3.05) is 13.1 Å². The average molecular weight is 327 g/mol. The molecule has 0 aromatic heterocycles. The summed E-state index contributed by atoms with van der Waals surface area (Å²) in [4.78, 5) is 12.0. The second-order valence-corrected chi connectivity index (χ2v) is 11.9. The largest absolute Gasteiger partial charge is 0.471 e. The number of aliphatic hydroxyl groups is 1. The van der Waals surface area contributed by atoms with Crippen LogP contribution in [0.15, 0.2) is 0 Å². The first-order valence-electron chi connectivity index (χ1n) is 6.96. The zero-order valence-electron chi connectivity index (χ0n) is 13.1. The minimum Gasteiger partial charge on any atom is -0.412 e. The molecule has 0 saturated carbocycles. The third-order valence-corrected chi connectivity index (χ3v) is 8.72. The molecule has 0 aliphatic carbocycles. The van der Waals surface area contributed by atoms with Crippen molar-refractivity contribution in [1.29, 1.82) is 0 Å². The van der Waals surface area contributed by atoms with E-state index in [-0.39, 0.29) is 24.5 Å². The Balaban J connectivity index is 2.80. The lowest BCUT2D eigenvalue weighted by Gasteiger charge is -2.43. The number of carbonyl (C=O) groups is 1. The molecule has 21 heavy (non-hydrogen) atoms. The lowest BCUT2D eigenvalue weighted by Crippen LogP contribution is -2.56. The normalized spacial score (nSPS) is 25.1. The average Bonchev–Trinajstić information content (AvgIpc) is 2.23. The maximum Gasteiger partial charge on any atom is 0.471 e.